The van der Waals surface area contributed by atoms with Crippen molar-refractivity contribution in [2.45, 2.75) is 19.1 Å². The molecule has 0 saturated carbocycles. The van der Waals surface area contributed by atoms with Crippen molar-refractivity contribution in [3.8, 4) is 0 Å². The monoisotopic (exact) mass is 277 g/mol. The van der Waals surface area contributed by atoms with Crippen LogP contribution in [0.3, 0.4) is 0 Å². The first-order valence-corrected chi connectivity index (χ1v) is 11.5. The molecule has 1 aromatic rings. The molecule has 0 amide bonds. The molecule has 6 atom stereocenters. The quantitative estimate of drug-likeness (QED) is 0.761. The van der Waals surface area contributed by atoms with Crippen LogP contribution in [0.5, 0.6) is 0 Å². The van der Waals surface area contributed by atoms with Gasteiger partial charge in [0.1, 0.15) is 0 Å². The van der Waals surface area contributed by atoms with Crippen molar-refractivity contribution in [1.82, 2.24) is 4.57 Å². The summed E-state index contributed by atoms with van der Waals surface area (Å²) in [5, 5.41) is 0. The van der Waals surface area contributed by atoms with Crippen molar-refractivity contribution in [3.63, 3.8) is 0 Å². The van der Waals surface area contributed by atoms with E-state index in [-0.39, 0.29) is 12.9 Å². The van der Waals surface area contributed by atoms with Gasteiger partial charge >= 0.3 is 0 Å². The zero-order valence-corrected chi connectivity index (χ0v) is 12.8. The second-order valence-corrected chi connectivity index (χ2v) is 13.4. The van der Waals surface area contributed by atoms with E-state index in [0.717, 1.165) is 14.5 Å². The van der Waals surface area contributed by atoms with Gasteiger partial charge in [0.25, 0.3) is 5.56 Å². The van der Waals surface area contributed by atoms with E-state index in [9.17, 15) is 4.79 Å². The van der Waals surface area contributed by atoms with E-state index in [0.29, 0.717) is 11.6 Å². The Labute approximate surface area is 97.2 Å². The van der Waals surface area contributed by atoms with Gasteiger partial charge in [-0.2, -0.15) is 0 Å². The Morgan fingerprint density at radius 2 is 2.33 bits per heavy atom. The minimum Gasteiger partial charge on any atom is -0.312 e. The summed E-state index contributed by atoms with van der Waals surface area (Å²) in [7, 11) is 6.64. The average molecular weight is 277 g/mol. The van der Waals surface area contributed by atoms with Crippen molar-refractivity contribution >= 4 is 33.1 Å². The first-order chi connectivity index (χ1) is 7.15. The molecule has 0 N–H and O–H groups in total. The van der Waals surface area contributed by atoms with Crippen LogP contribution in [0.1, 0.15) is 18.3 Å². The van der Waals surface area contributed by atoms with Crippen LogP contribution in [0.4, 0.5) is 0 Å². The molecule has 2 heterocycles. The molecule has 0 saturated heterocycles. The van der Waals surface area contributed by atoms with Crippen LogP contribution in [0.2, 0.25) is 0 Å². The summed E-state index contributed by atoms with van der Waals surface area (Å²) in [4.78, 5) is 11.7. The fourth-order valence-corrected chi connectivity index (χ4v) is 7.91. The van der Waals surface area contributed by atoms with Gasteiger partial charge in [0.2, 0.25) is 0 Å². The Morgan fingerprint density at radius 3 is 3.00 bits per heavy atom. The van der Waals surface area contributed by atoms with Crippen LogP contribution >= 0.6 is 33.1 Å². The van der Waals surface area contributed by atoms with Crippen molar-refractivity contribution < 1.29 is 0 Å². The molecule has 2 nitrogen and oxygen atoms in total. The van der Waals surface area contributed by atoms with E-state index >= 15 is 0 Å². The Kier molecular flexibility index (Phi) is 3.96. The zero-order chi connectivity index (χ0) is 11.0. The summed E-state index contributed by atoms with van der Waals surface area (Å²) in [6.07, 6.45) is 0. The highest BCUT2D eigenvalue weighted by Gasteiger charge is 2.33. The van der Waals surface area contributed by atoms with Crippen molar-refractivity contribution in [2.75, 3.05) is 0 Å². The first-order valence-electron chi connectivity index (χ1n) is 4.85. The van der Waals surface area contributed by atoms with Crippen molar-refractivity contribution in [1.29, 1.82) is 0 Å². The highest BCUT2D eigenvalue weighted by Crippen LogP contribution is 2.76. The molecule has 0 fully saturated rings. The lowest BCUT2D eigenvalue weighted by atomic mass is 10.1. The maximum atomic E-state index is 11.7. The van der Waals surface area contributed by atoms with Crippen LogP contribution in [0, 0.1) is 5.92 Å². The predicted octanol–water partition coefficient (Wildman–Crippen LogP) is 3.19. The standard InChI is InChI=1S/C9H15NOP4/c1-6-5-10-7(3-2-4-8(10)11)9(6)15(13)14-12/h2-4,6,9,14H,5,12-13H2,1H3/t6-,9+,15?/m0/s1. The predicted molar refractivity (Wildman–Crippen MR) is 77.3 cm³/mol. The topological polar surface area (TPSA) is 22.0 Å². The van der Waals surface area contributed by atoms with Crippen LogP contribution < -0.4 is 5.56 Å². The lowest BCUT2D eigenvalue weighted by molar-refractivity contribution is 0.549. The third-order valence-corrected chi connectivity index (χ3v) is 13.9. The Balaban J connectivity index is 2.46. The summed E-state index contributed by atoms with van der Waals surface area (Å²) in [5.41, 5.74) is 1.98. The van der Waals surface area contributed by atoms with Gasteiger partial charge in [-0.3, -0.25) is 4.79 Å². The van der Waals surface area contributed by atoms with Gasteiger partial charge in [0, 0.05) is 24.0 Å². The number of fused-ring (bicyclic) bond motifs is 1. The van der Waals surface area contributed by atoms with Gasteiger partial charge < -0.3 is 4.57 Å². The highest BCUT2D eigenvalue weighted by molar-refractivity contribution is 8.61. The number of nitrogens with zero attached hydrogens (tertiary/aromatic N) is 1. The molecule has 1 aromatic heterocycles. The van der Waals surface area contributed by atoms with Gasteiger partial charge in [0.15, 0.2) is 0 Å². The molecule has 0 aromatic carbocycles. The Bertz CT molecular complexity index is 419. The summed E-state index contributed by atoms with van der Waals surface area (Å²) < 4.78 is 1.94. The number of rotatable bonds is 2. The normalized spacial score (nSPS) is 27.1. The first kappa shape index (κ1) is 12.1. The van der Waals surface area contributed by atoms with E-state index in [1.165, 1.54) is 5.69 Å². The molecular weight excluding hydrogens is 262 g/mol. The van der Waals surface area contributed by atoms with Crippen LogP contribution in [0.15, 0.2) is 23.0 Å². The molecule has 82 valence electrons. The van der Waals surface area contributed by atoms with Crippen LogP contribution in [-0.4, -0.2) is 4.57 Å². The third kappa shape index (κ3) is 2.21. The number of pyridine rings is 1. The maximum absolute atomic E-state index is 11.7. The molecule has 6 heteroatoms. The largest absolute Gasteiger partial charge is 0.312 e. The van der Waals surface area contributed by atoms with Gasteiger partial charge in [0.05, 0.1) is 0 Å². The van der Waals surface area contributed by atoms with Gasteiger partial charge in [-0.15, -0.1) is 17.9 Å². The molecule has 1 aliphatic heterocycles. The van der Waals surface area contributed by atoms with Gasteiger partial charge in [-0.05, 0) is 12.0 Å². The lowest BCUT2D eigenvalue weighted by Gasteiger charge is -2.21. The van der Waals surface area contributed by atoms with E-state index in [2.05, 4.69) is 30.8 Å². The van der Waals surface area contributed by atoms with Gasteiger partial charge in [-0.25, -0.2) is 0 Å². The second kappa shape index (κ2) is 4.89. The average Bonchev–Trinajstić information content (AvgIpc) is 2.55. The Morgan fingerprint density at radius 1 is 1.60 bits per heavy atom. The van der Waals surface area contributed by atoms with Crippen molar-refractivity contribution in [2.24, 2.45) is 5.92 Å². The molecule has 4 unspecified atom stereocenters. The minimum atomic E-state index is -0.0701. The molecule has 2 rings (SSSR count). The third-order valence-electron chi connectivity index (χ3n) is 2.84. The summed E-state index contributed by atoms with van der Waals surface area (Å²) in [6.45, 7) is 3.14. The van der Waals surface area contributed by atoms with E-state index in [1.807, 2.05) is 10.6 Å². The van der Waals surface area contributed by atoms with E-state index in [4.69, 9.17) is 0 Å². The van der Waals surface area contributed by atoms with Crippen LogP contribution in [-0.2, 0) is 6.54 Å². The molecule has 0 radical (unpaired) electrons. The summed E-state index contributed by atoms with van der Waals surface area (Å²) in [6, 6.07) is 5.66. The molecule has 1 aliphatic rings. The van der Waals surface area contributed by atoms with Gasteiger partial charge in [-0.1, -0.05) is 28.2 Å². The molecule has 0 aliphatic carbocycles. The smallest absolute Gasteiger partial charge is 0.250 e. The lowest BCUT2D eigenvalue weighted by Crippen LogP contribution is -2.17. The SMILES string of the molecule is C[C@H]1Cn2c(cccc2=O)[C@@H]1P(P)PP. The minimum absolute atomic E-state index is 0.0701. The summed E-state index contributed by atoms with van der Waals surface area (Å²) >= 11 is 0. The van der Waals surface area contributed by atoms with E-state index < -0.39 is 0 Å². The second-order valence-electron chi connectivity index (χ2n) is 3.86. The Hall–Kier alpha value is 0.670. The number of aromatic nitrogens is 1. The fourth-order valence-electron chi connectivity index (χ4n) is 2.17. The summed E-state index contributed by atoms with van der Waals surface area (Å²) in [5.74, 6) is 0.594. The van der Waals surface area contributed by atoms with Crippen molar-refractivity contribution in [3.05, 3.63) is 34.2 Å². The molecule has 0 spiro atoms. The van der Waals surface area contributed by atoms with E-state index in [1.54, 1.807) is 6.07 Å². The molecule has 0 bridgehead atoms. The maximum Gasteiger partial charge on any atom is 0.250 e. The number of hydrogen-bond donors (Lipinski definition) is 0. The number of hydrogen-bond acceptors (Lipinski definition) is 1. The molecule has 15 heavy (non-hydrogen) atoms. The zero-order valence-electron chi connectivity index (χ0n) is 8.55. The molecular formula is C9H15NOP4. The highest BCUT2D eigenvalue weighted by atomic mass is 32.6. The van der Waals surface area contributed by atoms with Crippen LogP contribution in [0.25, 0.3) is 0 Å². The fraction of sp³-hybridized carbons (Fsp3) is 0.444.